The van der Waals surface area contributed by atoms with E-state index in [2.05, 4.69) is 104 Å². The van der Waals surface area contributed by atoms with Gasteiger partial charge in [0.1, 0.15) is 5.58 Å². The van der Waals surface area contributed by atoms with Gasteiger partial charge in [0.15, 0.2) is 0 Å². The van der Waals surface area contributed by atoms with Crippen LogP contribution in [0.3, 0.4) is 0 Å². The minimum absolute atomic E-state index is 0. The molecule has 0 spiro atoms. The molecular weight excluding hydrogens is 813 g/mol. The molecule has 0 N–H and O–H groups in total. The fraction of sp³-hybridized carbons (Fsp3) is 0.292. The molecule has 0 saturated heterocycles. The van der Waals surface area contributed by atoms with E-state index in [1.165, 1.54) is 90.1 Å². The van der Waals surface area contributed by atoms with Gasteiger partial charge >= 0.3 is 0 Å². The summed E-state index contributed by atoms with van der Waals surface area (Å²) < 4.78 is 6.55. The molecule has 3 aromatic heterocycles. The van der Waals surface area contributed by atoms with Crippen LogP contribution in [0.4, 0.5) is 0 Å². The summed E-state index contributed by atoms with van der Waals surface area (Å²) in [5.74, 6) is 1.17. The third-order valence-corrected chi connectivity index (χ3v) is 11.2. The number of hydrogen-bond donors (Lipinski definition) is 0. The van der Waals surface area contributed by atoms with Gasteiger partial charge in [-0.15, -0.1) is 54.1 Å². The van der Waals surface area contributed by atoms with Gasteiger partial charge in [0.2, 0.25) is 0 Å². The van der Waals surface area contributed by atoms with Crippen molar-refractivity contribution < 1.29 is 24.5 Å². The zero-order valence-corrected chi connectivity index (χ0v) is 32.6. The molecule has 3 heterocycles. The molecule has 4 heteroatoms. The summed E-state index contributed by atoms with van der Waals surface area (Å²) in [4.78, 5) is 9.27. The van der Waals surface area contributed by atoms with Gasteiger partial charge in [0, 0.05) is 43.8 Å². The van der Waals surface area contributed by atoms with Crippen LogP contribution >= 0.6 is 0 Å². The molecule has 265 valence electrons. The van der Waals surface area contributed by atoms with Crippen molar-refractivity contribution in [1.82, 2.24) is 9.97 Å². The third-order valence-electron chi connectivity index (χ3n) is 11.2. The molecule has 2 aliphatic carbocycles. The van der Waals surface area contributed by atoms with Crippen LogP contribution in [0.2, 0.25) is 0 Å². The topological polar surface area (TPSA) is 38.9 Å². The fourth-order valence-electron chi connectivity index (χ4n) is 8.19. The zero-order valence-electron chi connectivity index (χ0n) is 30.3. The van der Waals surface area contributed by atoms with Crippen molar-refractivity contribution in [3.8, 4) is 22.5 Å². The number of pyridine rings is 2. The van der Waals surface area contributed by atoms with Crippen LogP contribution in [0.1, 0.15) is 91.2 Å². The monoisotopic (exact) mass is 859 g/mol. The Bertz CT molecular complexity index is 2250. The maximum atomic E-state index is 6.55. The van der Waals surface area contributed by atoms with Gasteiger partial charge in [-0.1, -0.05) is 110 Å². The first-order valence-electron chi connectivity index (χ1n) is 18.9. The molecular formula is C48H46IrN2O-2. The van der Waals surface area contributed by atoms with E-state index in [1.54, 1.807) is 0 Å². The Morgan fingerprint density at radius 2 is 1.54 bits per heavy atom. The Hall–Kier alpha value is -4.37. The van der Waals surface area contributed by atoms with Crippen molar-refractivity contribution in [2.75, 3.05) is 0 Å². The van der Waals surface area contributed by atoms with Gasteiger partial charge in [-0.25, -0.2) is 0 Å². The first-order chi connectivity index (χ1) is 25.1. The van der Waals surface area contributed by atoms with Crippen LogP contribution in [0, 0.1) is 25.0 Å². The Labute approximate surface area is 322 Å². The molecule has 1 fully saturated rings. The molecule has 7 aromatic rings. The van der Waals surface area contributed by atoms with E-state index in [1.807, 2.05) is 36.7 Å². The third kappa shape index (κ3) is 7.70. The Kier molecular flexibility index (Phi) is 11.4. The van der Waals surface area contributed by atoms with Crippen LogP contribution in [0.15, 0.2) is 114 Å². The van der Waals surface area contributed by atoms with Crippen LogP contribution in [-0.2, 0) is 39.4 Å². The fourth-order valence-corrected chi connectivity index (χ4v) is 8.19. The summed E-state index contributed by atoms with van der Waals surface area (Å²) in [6.45, 7) is 4.43. The van der Waals surface area contributed by atoms with E-state index in [4.69, 9.17) is 9.40 Å². The predicted molar refractivity (Wildman–Crippen MR) is 210 cm³/mol. The largest absolute Gasteiger partial charge is 0.500 e. The maximum Gasteiger partial charge on any atom is 0.124 e. The predicted octanol–water partition coefficient (Wildman–Crippen LogP) is 12.5. The van der Waals surface area contributed by atoms with E-state index >= 15 is 0 Å². The molecule has 0 aliphatic heterocycles. The summed E-state index contributed by atoms with van der Waals surface area (Å²) in [5.41, 5.74) is 14.2. The van der Waals surface area contributed by atoms with Crippen LogP contribution in [0.25, 0.3) is 44.5 Å². The number of rotatable bonds is 6. The summed E-state index contributed by atoms with van der Waals surface area (Å²) in [6.07, 6.45) is 17.0. The van der Waals surface area contributed by atoms with E-state index in [0.29, 0.717) is 5.92 Å². The SMILES string of the molecule is CC(c1ccccc1)c1ccnc(-c2[c-]ccc3c2oc2c4c(ccc23)CCCC4)c1.Cc1cnc(-c2[c-]cccc2)cc1CC1CCCCC1.[Ir]. The average Bonchev–Trinajstić information content (AvgIpc) is 3.59. The summed E-state index contributed by atoms with van der Waals surface area (Å²) >= 11 is 0. The molecule has 1 atom stereocenters. The first kappa shape index (κ1) is 36.0. The van der Waals surface area contributed by atoms with Crippen molar-refractivity contribution in [2.24, 2.45) is 5.92 Å². The second-order valence-electron chi connectivity index (χ2n) is 14.6. The van der Waals surface area contributed by atoms with E-state index in [9.17, 15) is 0 Å². The maximum absolute atomic E-state index is 6.55. The number of furan rings is 1. The molecule has 0 amide bonds. The summed E-state index contributed by atoms with van der Waals surface area (Å²) in [5, 5.41) is 2.36. The number of aryl methyl sites for hydroxylation is 3. The number of fused-ring (bicyclic) bond motifs is 5. The van der Waals surface area contributed by atoms with Gasteiger partial charge in [-0.05, 0) is 90.2 Å². The van der Waals surface area contributed by atoms with E-state index < -0.39 is 0 Å². The standard InChI is InChI=1S/C29H24NO.C19H22N.Ir/c1-19(20-8-3-2-4-9-20)22-16-17-30-27(18-22)26-13-7-12-24-25-15-14-21-10-5-6-11-23(21)28(25)31-29(24)26;1-15-14-20-19(17-10-6-3-7-11-17)13-18(15)12-16-8-4-2-5-9-16;/h2-4,7-9,12,14-19H,5-6,10-11H2,1H3;3,6-7,10,13-14,16H,2,4-5,8-9,12H2,1H3;/q2*-1;. The molecule has 0 bridgehead atoms. The molecule has 1 unspecified atom stereocenters. The van der Waals surface area contributed by atoms with E-state index in [-0.39, 0.29) is 20.1 Å². The van der Waals surface area contributed by atoms with Gasteiger partial charge in [-0.3, -0.25) is 0 Å². The molecule has 2 aliphatic rings. The van der Waals surface area contributed by atoms with Crippen LogP contribution in [-0.4, -0.2) is 9.97 Å². The average molecular weight is 859 g/mol. The molecule has 9 rings (SSSR count). The summed E-state index contributed by atoms with van der Waals surface area (Å²) in [7, 11) is 0. The van der Waals surface area contributed by atoms with Crippen molar-refractivity contribution in [3.63, 3.8) is 0 Å². The minimum atomic E-state index is 0. The molecule has 4 aromatic carbocycles. The second-order valence-corrected chi connectivity index (χ2v) is 14.6. The Balaban J connectivity index is 0.000000174. The van der Waals surface area contributed by atoms with Crippen LogP contribution < -0.4 is 0 Å². The number of nitrogens with zero attached hydrogens (tertiary/aromatic N) is 2. The van der Waals surface area contributed by atoms with E-state index in [0.717, 1.165) is 57.8 Å². The molecule has 1 radical (unpaired) electrons. The summed E-state index contributed by atoms with van der Waals surface area (Å²) in [6, 6.07) is 40.6. The van der Waals surface area contributed by atoms with Crippen molar-refractivity contribution >= 4 is 21.9 Å². The smallest absolute Gasteiger partial charge is 0.124 e. The Morgan fingerprint density at radius 3 is 2.37 bits per heavy atom. The normalized spacial score (nSPS) is 15.0. The molecule has 52 heavy (non-hydrogen) atoms. The van der Waals surface area contributed by atoms with Crippen molar-refractivity contribution in [2.45, 2.75) is 84.0 Å². The van der Waals surface area contributed by atoms with Crippen molar-refractivity contribution in [3.05, 3.63) is 155 Å². The second kappa shape index (κ2) is 16.5. The molecule has 1 saturated carbocycles. The quantitative estimate of drug-likeness (QED) is 0.156. The molecule has 3 nitrogen and oxygen atoms in total. The van der Waals surface area contributed by atoms with Crippen molar-refractivity contribution in [1.29, 1.82) is 0 Å². The number of benzene rings is 4. The van der Waals surface area contributed by atoms with Gasteiger partial charge in [-0.2, -0.15) is 0 Å². The van der Waals surface area contributed by atoms with Gasteiger partial charge in [0.05, 0.1) is 5.58 Å². The minimum Gasteiger partial charge on any atom is -0.500 e. The number of aromatic nitrogens is 2. The number of hydrogen-bond acceptors (Lipinski definition) is 3. The Morgan fingerprint density at radius 1 is 0.731 bits per heavy atom. The van der Waals surface area contributed by atoms with Gasteiger partial charge < -0.3 is 14.4 Å². The van der Waals surface area contributed by atoms with Gasteiger partial charge in [0.25, 0.3) is 0 Å². The zero-order chi connectivity index (χ0) is 34.6. The first-order valence-corrected chi connectivity index (χ1v) is 18.9. The van der Waals surface area contributed by atoms with Crippen LogP contribution in [0.5, 0.6) is 0 Å².